The lowest BCUT2D eigenvalue weighted by atomic mass is 10.2. The van der Waals surface area contributed by atoms with Crippen LogP contribution in [0.1, 0.15) is 5.56 Å². The highest BCUT2D eigenvalue weighted by Crippen LogP contribution is 2.33. The number of carbonyl (C=O) groups excluding carboxylic acids is 1. The third kappa shape index (κ3) is 4.02. The highest BCUT2D eigenvalue weighted by Gasteiger charge is 2.14. The van der Waals surface area contributed by atoms with Crippen LogP contribution in [0.15, 0.2) is 53.5 Å². The largest absolute Gasteiger partial charge is 0.483 e. The number of aliphatic imine (C=N–C) groups is 1. The van der Waals surface area contributed by atoms with Crippen molar-refractivity contribution in [3.05, 3.63) is 54.1 Å². The maximum atomic E-state index is 11.9. The number of carbonyl (C=O) groups is 1. The topological polar surface area (TPSA) is 81.2 Å². The van der Waals surface area contributed by atoms with Crippen molar-refractivity contribution in [1.29, 1.82) is 0 Å². The van der Waals surface area contributed by atoms with Gasteiger partial charge >= 0.3 is 6.09 Å². The van der Waals surface area contributed by atoms with E-state index in [1.54, 1.807) is 18.2 Å². The molecule has 0 bridgehead atoms. The molecule has 0 radical (unpaired) electrons. The number of anilines is 1. The molecule has 7 heteroatoms. The number of rotatable bonds is 4. The van der Waals surface area contributed by atoms with Crippen molar-refractivity contribution < 1.29 is 19.1 Å². The van der Waals surface area contributed by atoms with Crippen LogP contribution < -0.4 is 15.5 Å². The molecule has 7 nitrogen and oxygen atoms in total. The summed E-state index contributed by atoms with van der Waals surface area (Å²) in [5.41, 5.74) is 4.80. The molecule has 1 amide bonds. The molecule has 0 spiro atoms. The summed E-state index contributed by atoms with van der Waals surface area (Å²) in [7, 11) is 1.51. The second-order valence-electron chi connectivity index (χ2n) is 5.02. The average Bonchev–Trinajstić information content (AvgIpc) is 2.61. The molecule has 3 rings (SSSR count). The van der Waals surface area contributed by atoms with E-state index in [-0.39, 0.29) is 13.2 Å². The fraction of sp³-hybridized carbons (Fsp3) is 0.176. The third-order valence-corrected chi connectivity index (χ3v) is 3.26. The minimum Gasteiger partial charge on any atom is -0.483 e. The molecule has 0 atom stereocenters. The lowest BCUT2D eigenvalue weighted by molar-refractivity contribution is 0.138. The van der Waals surface area contributed by atoms with Crippen molar-refractivity contribution in [3.8, 4) is 5.75 Å². The van der Waals surface area contributed by atoms with Gasteiger partial charge in [0.05, 0.1) is 7.11 Å². The van der Waals surface area contributed by atoms with E-state index >= 15 is 0 Å². The number of benzene rings is 2. The Bertz CT molecular complexity index is 747. The molecule has 1 aliphatic heterocycles. The van der Waals surface area contributed by atoms with Gasteiger partial charge in [-0.1, -0.05) is 30.3 Å². The zero-order valence-electron chi connectivity index (χ0n) is 13.1. The van der Waals surface area contributed by atoms with E-state index in [1.165, 1.54) is 7.11 Å². The maximum Gasteiger partial charge on any atom is 0.411 e. The summed E-state index contributed by atoms with van der Waals surface area (Å²) in [6, 6.07) is 14.7. The first-order valence-corrected chi connectivity index (χ1v) is 7.36. The smallest absolute Gasteiger partial charge is 0.411 e. The second kappa shape index (κ2) is 7.47. The van der Waals surface area contributed by atoms with Crippen LogP contribution in [0.4, 0.5) is 16.2 Å². The molecule has 0 saturated carbocycles. The number of fused-ring (bicyclic) bond motifs is 1. The SMILES string of the molecule is CONC1=Nc2ccc(NC(=O)OCc3ccccc3)cc2OC1. The van der Waals surface area contributed by atoms with Crippen molar-refractivity contribution in [2.24, 2.45) is 4.99 Å². The lowest BCUT2D eigenvalue weighted by Gasteiger charge is -2.18. The number of hydrogen-bond acceptors (Lipinski definition) is 6. The Morgan fingerprint density at radius 3 is 2.88 bits per heavy atom. The molecule has 0 aromatic heterocycles. The number of hydroxylamine groups is 1. The number of hydrogen-bond donors (Lipinski definition) is 2. The van der Waals surface area contributed by atoms with Gasteiger partial charge in [-0.15, -0.1) is 0 Å². The van der Waals surface area contributed by atoms with Crippen molar-refractivity contribution in [2.45, 2.75) is 6.61 Å². The van der Waals surface area contributed by atoms with Crippen molar-refractivity contribution >= 4 is 23.3 Å². The molecule has 2 aromatic rings. The lowest BCUT2D eigenvalue weighted by Crippen LogP contribution is -2.29. The molecule has 124 valence electrons. The summed E-state index contributed by atoms with van der Waals surface area (Å²) in [5.74, 6) is 1.16. The van der Waals surface area contributed by atoms with Crippen LogP contribution in [-0.4, -0.2) is 25.6 Å². The standard InChI is InChI=1S/C17H17N3O4/c1-22-20-16-11-23-15-9-13(7-8-14(15)19-16)18-17(21)24-10-12-5-3-2-4-6-12/h2-9H,10-11H2,1H3,(H,18,21)(H,19,20). The summed E-state index contributed by atoms with van der Waals surface area (Å²) in [6.07, 6.45) is -0.528. The summed E-state index contributed by atoms with van der Waals surface area (Å²) in [6.45, 7) is 0.479. The van der Waals surface area contributed by atoms with Crippen LogP contribution in [0.3, 0.4) is 0 Å². The Labute approximate surface area is 139 Å². The number of amidine groups is 1. The molecule has 1 aliphatic rings. The van der Waals surface area contributed by atoms with E-state index < -0.39 is 6.09 Å². The average molecular weight is 327 g/mol. The van der Waals surface area contributed by atoms with E-state index in [1.807, 2.05) is 30.3 Å². The Kier molecular flexibility index (Phi) is 4.93. The predicted molar refractivity (Wildman–Crippen MR) is 89.4 cm³/mol. The third-order valence-electron chi connectivity index (χ3n) is 3.26. The van der Waals surface area contributed by atoms with Crippen molar-refractivity contribution in [3.63, 3.8) is 0 Å². The molecule has 0 unspecified atom stereocenters. The molecule has 0 saturated heterocycles. The van der Waals surface area contributed by atoms with Gasteiger partial charge in [-0.2, -0.15) is 0 Å². The Morgan fingerprint density at radius 2 is 2.08 bits per heavy atom. The first-order valence-electron chi connectivity index (χ1n) is 7.36. The normalized spacial score (nSPS) is 12.5. The van der Waals surface area contributed by atoms with E-state index in [4.69, 9.17) is 14.3 Å². The van der Waals surface area contributed by atoms with Crippen LogP contribution in [0.25, 0.3) is 0 Å². The summed E-state index contributed by atoms with van der Waals surface area (Å²) >= 11 is 0. The summed E-state index contributed by atoms with van der Waals surface area (Å²) < 4.78 is 10.8. The summed E-state index contributed by atoms with van der Waals surface area (Å²) in [4.78, 5) is 21.0. The van der Waals surface area contributed by atoms with Gasteiger partial charge in [0.15, 0.2) is 5.84 Å². The molecular formula is C17H17N3O4. The van der Waals surface area contributed by atoms with Crippen LogP contribution in [0.2, 0.25) is 0 Å². The molecule has 0 aliphatic carbocycles. The van der Waals surface area contributed by atoms with E-state index in [9.17, 15) is 4.79 Å². The highest BCUT2D eigenvalue weighted by molar-refractivity contribution is 5.89. The van der Waals surface area contributed by atoms with Gasteiger partial charge in [-0.05, 0) is 17.7 Å². The van der Waals surface area contributed by atoms with Gasteiger partial charge in [0.25, 0.3) is 0 Å². The van der Waals surface area contributed by atoms with Gasteiger partial charge in [0, 0.05) is 11.8 Å². The van der Waals surface area contributed by atoms with Gasteiger partial charge in [-0.3, -0.25) is 15.6 Å². The number of nitrogens with zero attached hydrogens (tertiary/aromatic N) is 1. The van der Waals surface area contributed by atoms with Crippen LogP contribution in [-0.2, 0) is 16.2 Å². The minimum absolute atomic E-state index is 0.213. The zero-order valence-corrected chi connectivity index (χ0v) is 13.1. The fourth-order valence-electron chi connectivity index (χ4n) is 2.17. The van der Waals surface area contributed by atoms with Crippen molar-refractivity contribution in [2.75, 3.05) is 19.0 Å². The van der Waals surface area contributed by atoms with Crippen molar-refractivity contribution in [1.82, 2.24) is 5.48 Å². The molecular weight excluding hydrogens is 310 g/mol. The van der Waals surface area contributed by atoms with Gasteiger partial charge in [-0.25, -0.2) is 9.79 Å². The van der Waals surface area contributed by atoms with Crippen LogP contribution >= 0.6 is 0 Å². The molecule has 0 fully saturated rings. The molecule has 2 aromatic carbocycles. The van der Waals surface area contributed by atoms with E-state index in [0.29, 0.717) is 23.0 Å². The number of nitrogens with one attached hydrogen (secondary N) is 2. The fourth-order valence-corrected chi connectivity index (χ4v) is 2.17. The number of ether oxygens (including phenoxy) is 2. The van der Waals surface area contributed by atoms with E-state index in [0.717, 1.165) is 5.56 Å². The Morgan fingerprint density at radius 1 is 1.25 bits per heavy atom. The molecule has 2 N–H and O–H groups in total. The van der Waals surface area contributed by atoms with E-state index in [2.05, 4.69) is 15.8 Å². The highest BCUT2D eigenvalue weighted by atomic mass is 16.6. The maximum absolute atomic E-state index is 11.9. The second-order valence-corrected chi connectivity index (χ2v) is 5.02. The molecule has 24 heavy (non-hydrogen) atoms. The van der Waals surface area contributed by atoms with Gasteiger partial charge in [0.2, 0.25) is 0 Å². The van der Waals surface area contributed by atoms with Gasteiger partial charge < -0.3 is 9.47 Å². The molecule has 1 heterocycles. The van der Waals surface area contributed by atoms with Crippen LogP contribution in [0.5, 0.6) is 5.75 Å². The summed E-state index contributed by atoms with van der Waals surface area (Å²) in [5, 5.41) is 2.67. The minimum atomic E-state index is -0.528. The Balaban J connectivity index is 1.59. The zero-order chi connectivity index (χ0) is 16.8. The van der Waals surface area contributed by atoms with Gasteiger partial charge in [0.1, 0.15) is 24.7 Å². The first-order chi connectivity index (χ1) is 11.7. The quantitative estimate of drug-likeness (QED) is 0.844. The Hall–Kier alpha value is -3.06. The van der Waals surface area contributed by atoms with Crippen LogP contribution in [0, 0.1) is 0 Å². The predicted octanol–water partition coefficient (Wildman–Crippen LogP) is 3.01. The number of amides is 1. The first kappa shape index (κ1) is 15.8. The monoisotopic (exact) mass is 327 g/mol.